The average Bonchev–Trinajstić information content (AvgIpc) is 3.14. The Kier molecular flexibility index (Phi) is 7.87. The van der Waals surface area contributed by atoms with Crippen LogP contribution in [0.5, 0.6) is 0 Å². The Bertz CT molecular complexity index is 188. The summed E-state index contributed by atoms with van der Waals surface area (Å²) in [6, 6.07) is 1.57. The molecule has 0 heterocycles. The highest BCUT2D eigenvalue weighted by Gasteiger charge is 2.23. The lowest BCUT2D eigenvalue weighted by Gasteiger charge is -2.32. The maximum Gasteiger partial charge on any atom is 0.0221 e. The first kappa shape index (κ1) is 15.9. The summed E-state index contributed by atoms with van der Waals surface area (Å²) in [5.74, 6) is 0. The molecule has 3 heteroatoms. The van der Waals surface area contributed by atoms with Gasteiger partial charge in [0, 0.05) is 31.7 Å². The number of hydrogen-bond donors (Lipinski definition) is 1. The summed E-state index contributed by atoms with van der Waals surface area (Å²) < 4.78 is 0. The highest BCUT2D eigenvalue weighted by molar-refractivity contribution is 4.84. The normalized spacial score (nSPS) is 17.7. The van der Waals surface area contributed by atoms with Crippen LogP contribution in [0.4, 0.5) is 0 Å². The molecular weight excluding hydrogens is 222 g/mol. The van der Waals surface area contributed by atoms with E-state index in [9.17, 15) is 0 Å². The van der Waals surface area contributed by atoms with Crippen molar-refractivity contribution in [2.75, 3.05) is 40.3 Å². The van der Waals surface area contributed by atoms with Gasteiger partial charge in [-0.15, -0.1) is 0 Å². The second-order valence-electron chi connectivity index (χ2n) is 5.96. The summed E-state index contributed by atoms with van der Waals surface area (Å²) in [6.07, 6.45) is 6.66. The van der Waals surface area contributed by atoms with Crippen LogP contribution in [0.3, 0.4) is 0 Å². The molecule has 1 aliphatic rings. The summed E-state index contributed by atoms with van der Waals surface area (Å²) in [6.45, 7) is 9.40. The van der Waals surface area contributed by atoms with Crippen molar-refractivity contribution in [1.82, 2.24) is 15.1 Å². The molecule has 0 aromatic carbocycles. The topological polar surface area (TPSA) is 18.5 Å². The van der Waals surface area contributed by atoms with Crippen molar-refractivity contribution in [3.63, 3.8) is 0 Å². The predicted molar refractivity (Wildman–Crippen MR) is 80.1 cm³/mol. The van der Waals surface area contributed by atoms with E-state index in [-0.39, 0.29) is 0 Å². The van der Waals surface area contributed by atoms with Crippen LogP contribution in [0, 0.1) is 0 Å². The fraction of sp³-hybridized carbons (Fsp3) is 1.00. The lowest BCUT2D eigenvalue weighted by atomic mass is 10.1. The summed E-state index contributed by atoms with van der Waals surface area (Å²) in [4.78, 5) is 4.98. The quantitative estimate of drug-likeness (QED) is 0.610. The third-order valence-electron chi connectivity index (χ3n) is 3.70. The monoisotopic (exact) mass is 255 g/mol. The van der Waals surface area contributed by atoms with E-state index in [4.69, 9.17) is 0 Å². The van der Waals surface area contributed by atoms with Crippen molar-refractivity contribution in [2.24, 2.45) is 0 Å². The van der Waals surface area contributed by atoms with Crippen molar-refractivity contribution in [3.8, 4) is 0 Å². The molecule has 0 radical (unpaired) electrons. The van der Waals surface area contributed by atoms with Crippen LogP contribution >= 0.6 is 0 Å². The predicted octanol–water partition coefficient (Wildman–Crippen LogP) is 2.18. The third kappa shape index (κ3) is 6.72. The summed E-state index contributed by atoms with van der Waals surface area (Å²) in [7, 11) is 4.34. The van der Waals surface area contributed by atoms with Gasteiger partial charge in [-0.3, -0.25) is 4.90 Å². The second kappa shape index (κ2) is 8.89. The minimum absolute atomic E-state index is 0.732. The van der Waals surface area contributed by atoms with Gasteiger partial charge in [0.2, 0.25) is 0 Å². The number of hydrogen-bond acceptors (Lipinski definition) is 3. The lowest BCUT2D eigenvalue weighted by Crippen LogP contribution is -2.45. The fourth-order valence-corrected chi connectivity index (χ4v) is 2.43. The molecule has 0 aliphatic heterocycles. The molecule has 0 amide bonds. The summed E-state index contributed by atoms with van der Waals surface area (Å²) in [5, 5.41) is 3.71. The van der Waals surface area contributed by atoms with Crippen LogP contribution in [-0.4, -0.2) is 62.2 Å². The highest BCUT2D eigenvalue weighted by atomic mass is 15.2. The molecule has 3 nitrogen and oxygen atoms in total. The number of rotatable bonds is 11. The molecule has 1 fully saturated rings. The van der Waals surface area contributed by atoms with Crippen molar-refractivity contribution in [2.45, 2.75) is 58.0 Å². The van der Waals surface area contributed by atoms with Crippen LogP contribution in [-0.2, 0) is 0 Å². The first-order chi connectivity index (χ1) is 8.67. The number of nitrogens with zero attached hydrogens (tertiary/aromatic N) is 2. The number of nitrogens with one attached hydrogen (secondary N) is 1. The first-order valence-electron chi connectivity index (χ1n) is 7.79. The maximum absolute atomic E-state index is 3.71. The van der Waals surface area contributed by atoms with E-state index in [0.717, 1.165) is 12.1 Å². The smallest absolute Gasteiger partial charge is 0.0221 e. The third-order valence-corrected chi connectivity index (χ3v) is 3.70. The molecule has 1 saturated carbocycles. The van der Waals surface area contributed by atoms with Crippen molar-refractivity contribution in [3.05, 3.63) is 0 Å². The minimum Gasteiger partial charge on any atom is -0.312 e. The lowest BCUT2D eigenvalue weighted by molar-refractivity contribution is 0.165. The minimum atomic E-state index is 0.732. The fourth-order valence-electron chi connectivity index (χ4n) is 2.43. The van der Waals surface area contributed by atoms with Gasteiger partial charge in [0.25, 0.3) is 0 Å². The average molecular weight is 255 g/mol. The number of likely N-dealkylation sites (N-methyl/N-ethyl adjacent to an activating group) is 1. The van der Waals surface area contributed by atoms with Gasteiger partial charge in [-0.05, 0) is 46.3 Å². The molecule has 108 valence electrons. The Morgan fingerprint density at radius 3 is 2.28 bits per heavy atom. The zero-order valence-corrected chi connectivity index (χ0v) is 12.9. The van der Waals surface area contributed by atoms with Crippen LogP contribution in [0.2, 0.25) is 0 Å². The van der Waals surface area contributed by atoms with Gasteiger partial charge in [0.15, 0.2) is 0 Å². The van der Waals surface area contributed by atoms with Crippen LogP contribution in [0.1, 0.15) is 46.0 Å². The van der Waals surface area contributed by atoms with Gasteiger partial charge in [-0.25, -0.2) is 0 Å². The molecule has 1 atom stereocenters. The van der Waals surface area contributed by atoms with E-state index in [2.05, 4.69) is 43.1 Å². The molecule has 0 aromatic heterocycles. The highest BCUT2D eigenvalue weighted by Crippen LogP contribution is 2.19. The molecule has 1 aliphatic carbocycles. The molecule has 1 unspecified atom stereocenters. The van der Waals surface area contributed by atoms with Crippen LogP contribution in [0.15, 0.2) is 0 Å². The zero-order chi connectivity index (χ0) is 13.4. The van der Waals surface area contributed by atoms with Gasteiger partial charge in [0.05, 0.1) is 0 Å². The second-order valence-corrected chi connectivity index (χ2v) is 5.96. The summed E-state index contributed by atoms with van der Waals surface area (Å²) in [5.41, 5.74) is 0. The molecule has 1 N–H and O–H groups in total. The maximum atomic E-state index is 3.71. The Morgan fingerprint density at radius 1 is 1.06 bits per heavy atom. The molecule has 0 spiro atoms. The van der Waals surface area contributed by atoms with Gasteiger partial charge >= 0.3 is 0 Å². The Labute approximate surface area is 114 Å². The summed E-state index contributed by atoms with van der Waals surface area (Å²) >= 11 is 0. The van der Waals surface area contributed by atoms with Crippen LogP contribution < -0.4 is 5.32 Å². The molecule has 0 bridgehead atoms. The Balaban J connectivity index is 2.39. The SMILES string of the molecule is CCCC(CNC1CC1)N(CCC)CCN(C)C. The largest absolute Gasteiger partial charge is 0.312 e. The Hall–Kier alpha value is -0.120. The van der Waals surface area contributed by atoms with E-state index in [1.165, 1.54) is 58.3 Å². The van der Waals surface area contributed by atoms with Crippen molar-refractivity contribution in [1.29, 1.82) is 0 Å². The molecule has 1 rings (SSSR count). The van der Waals surface area contributed by atoms with Crippen LogP contribution in [0.25, 0.3) is 0 Å². The standard InChI is InChI=1S/C15H33N3/c1-5-7-15(13-16-14-8-9-14)18(10-6-2)12-11-17(3)4/h14-16H,5-13H2,1-4H3. The Morgan fingerprint density at radius 2 is 1.78 bits per heavy atom. The van der Waals surface area contributed by atoms with Gasteiger partial charge in [0.1, 0.15) is 0 Å². The van der Waals surface area contributed by atoms with Crippen molar-refractivity contribution >= 4 is 0 Å². The van der Waals surface area contributed by atoms with E-state index < -0.39 is 0 Å². The van der Waals surface area contributed by atoms with E-state index >= 15 is 0 Å². The van der Waals surface area contributed by atoms with Crippen molar-refractivity contribution < 1.29 is 0 Å². The molecule has 0 saturated heterocycles. The van der Waals surface area contributed by atoms with E-state index in [1.54, 1.807) is 0 Å². The van der Waals surface area contributed by atoms with Gasteiger partial charge < -0.3 is 10.2 Å². The van der Waals surface area contributed by atoms with E-state index in [1.807, 2.05) is 0 Å². The zero-order valence-electron chi connectivity index (χ0n) is 12.9. The van der Waals surface area contributed by atoms with Gasteiger partial charge in [-0.2, -0.15) is 0 Å². The first-order valence-corrected chi connectivity index (χ1v) is 7.79. The van der Waals surface area contributed by atoms with Gasteiger partial charge in [-0.1, -0.05) is 20.3 Å². The molecular formula is C15H33N3. The van der Waals surface area contributed by atoms with E-state index in [0.29, 0.717) is 0 Å². The molecule has 0 aromatic rings. The molecule has 18 heavy (non-hydrogen) atoms.